The number of halogens is 2. The minimum absolute atomic E-state index is 0.0278. The molecular weight excluding hydrogens is 200 g/mol. The number of rotatable bonds is 3. The highest BCUT2D eigenvalue weighted by molar-refractivity contribution is 5.29. The Kier molecular flexibility index (Phi) is 3.42. The molecule has 2 N–H and O–H groups in total. The molecule has 0 saturated carbocycles. The third-order valence-corrected chi connectivity index (χ3v) is 2.35. The van der Waals surface area contributed by atoms with E-state index in [2.05, 4.69) is 5.32 Å². The van der Waals surface area contributed by atoms with Crippen molar-refractivity contribution in [3.05, 3.63) is 34.9 Å². The highest BCUT2D eigenvalue weighted by Gasteiger charge is 2.26. The lowest BCUT2D eigenvalue weighted by atomic mass is 9.94. The van der Waals surface area contributed by atoms with Crippen LogP contribution in [0.5, 0.6) is 0 Å². The van der Waals surface area contributed by atoms with Gasteiger partial charge in [-0.1, -0.05) is 0 Å². The van der Waals surface area contributed by atoms with Crippen molar-refractivity contribution >= 4 is 0 Å². The van der Waals surface area contributed by atoms with Crippen LogP contribution in [0.4, 0.5) is 8.78 Å². The predicted octanol–water partition coefficient (Wildman–Crippen LogP) is 1.70. The second-order valence-electron chi connectivity index (χ2n) is 3.89. The van der Waals surface area contributed by atoms with E-state index in [0.717, 1.165) is 12.1 Å². The number of hydrogen-bond donors (Lipinski definition) is 2. The Morgan fingerprint density at radius 3 is 2.47 bits per heavy atom. The van der Waals surface area contributed by atoms with Crippen LogP contribution < -0.4 is 5.32 Å². The Balaban J connectivity index is 3.19. The predicted molar refractivity (Wildman–Crippen MR) is 54.6 cm³/mol. The fraction of sp³-hybridized carbons (Fsp3) is 0.455. The van der Waals surface area contributed by atoms with Gasteiger partial charge in [0.15, 0.2) is 0 Å². The summed E-state index contributed by atoms with van der Waals surface area (Å²) in [5, 5.41) is 12.6. The molecule has 1 aromatic rings. The summed E-state index contributed by atoms with van der Waals surface area (Å²) in [4.78, 5) is 0. The number of benzene rings is 1. The molecule has 84 valence electrons. The quantitative estimate of drug-likeness (QED) is 0.804. The molecule has 0 aliphatic rings. The van der Waals surface area contributed by atoms with Gasteiger partial charge in [-0.05, 0) is 38.6 Å². The second-order valence-corrected chi connectivity index (χ2v) is 3.89. The van der Waals surface area contributed by atoms with Crippen LogP contribution in [0.15, 0.2) is 12.1 Å². The lowest BCUT2D eigenvalue weighted by Gasteiger charge is -2.24. The van der Waals surface area contributed by atoms with Crippen LogP contribution in [0.25, 0.3) is 0 Å². The van der Waals surface area contributed by atoms with Crippen LogP contribution in [-0.4, -0.2) is 18.7 Å². The molecular formula is C11H15F2NO. The third-order valence-electron chi connectivity index (χ3n) is 2.35. The third kappa shape index (κ3) is 2.52. The summed E-state index contributed by atoms with van der Waals surface area (Å²) in [7, 11) is 1.64. The van der Waals surface area contributed by atoms with E-state index in [-0.39, 0.29) is 17.7 Å². The number of nitrogens with one attached hydrogen (secondary N) is 1. The maximum Gasteiger partial charge on any atom is 0.129 e. The van der Waals surface area contributed by atoms with Gasteiger partial charge in [-0.2, -0.15) is 0 Å². The fourth-order valence-corrected chi connectivity index (χ4v) is 1.50. The number of aliphatic hydroxyl groups is 1. The van der Waals surface area contributed by atoms with Gasteiger partial charge in [0.05, 0.1) is 0 Å². The molecule has 1 aromatic carbocycles. The summed E-state index contributed by atoms with van der Waals surface area (Å²) >= 11 is 0. The topological polar surface area (TPSA) is 32.3 Å². The highest BCUT2D eigenvalue weighted by atomic mass is 19.1. The average molecular weight is 215 g/mol. The smallest absolute Gasteiger partial charge is 0.129 e. The molecule has 4 heteroatoms. The molecule has 1 atom stereocenters. The van der Waals surface area contributed by atoms with E-state index in [4.69, 9.17) is 0 Å². The Morgan fingerprint density at radius 2 is 1.93 bits per heavy atom. The first-order valence-corrected chi connectivity index (χ1v) is 4.71. The zero-order chi connectivity index (χ0) is 11.6. The van der Waals surface area contributed by atoms with Crippen LogP contribution in [0.2, 0.25) is 0 Å². The lowest BCUT2D eigenvalue weighted by Crippen LogP contribution is -2.34. The van der Waals surface area contributed by atoms with Crippen LogP contribution in [0.3, 0.4) is 0 Å². The summed E-state index contributed by atoms with van der Waals surface area (Å²) in [6.45, 7) is 3.08. The summed E-state index contributed by atoms with van der Waals surface area (Å²) in [5.41, 5.74) is -1.20. The van der Waals surface area contributed by atoms with Crippen LogP contribution in [0, 0.1) is 18.6 Å². The normalized spacial score (nSPS) is 15.1. The van der Waals surface area contributed by atoms with E-state index in [1.165, 1.54) is 13.8 Å². The van der Waals surface area contributed by atoms with E-state index < -0.39 is 17.2 Å². The average Bonchev–Trinajstić information content (AvgIpc) is 2.11. The summed E-state index contributed by atoms with van der Waals surface area (Å²) in [6.07, 6.45) is 0. The van der Waals surface area contributed by atoms with Crippen molar-refractivity contribution in [3.63, 3.8) is 0 Å². The Bertz CT molecular complexity index is 364. The molecule has 1 unspecified atom stereocenters. The molecule has 0 aliphatic heterocycles. The largest absolute Gasteiger partial charge is 0.384 e. The van der Waals surface area contributed by atoms with Gasteiger partial charge in [0.2, 0.25) is 0 Å². The fourth-order valence-electron chi connectivity index (χ4n) is 1.50. The highest BCUT2D eigenvalue weighted by Crippen LogP contribution is 2.25. The monoisotopic (exact) mass is 215 g/mol. The van der Waals surface area contributed by atoms with Gasteiger partial charge in [-0.15, -0.1) is 0 Å². The first-order chi connectivity index (χ1) is 6.88. The number of hydrogen-bond acceptors (Lipinski definition) is 2. The first-order valence-electron chi connectivity index (χ1n) is 4.71. The van der Waals surface area contributed by atoms with Crippen molar-refractivity contribution in [2.24, 2.45) is 0 Å². The molecule has 0 spiro atoms. The molecule has 0 aromatic heterocycles. The Hall–Kier alpha value is -1.00. The first kappa shape index (κ1) is 12.1. The maximum absolute atomic E-state index is 13.5. The van der Waals surface area contributed by atoms with E-state index in [1.807, 2.05) is 0 Å². The number of aryl methyl sites for hydroxylation is 1. The van der Waals surface area contributed by atoms with E-state index in [9.17, 15) is 13.9 Å². The standard InChI is InChI=1S/C11H15F2NO/c1-7-4-10(13)8(5-9(7)12)11(2,15)6-14-3/h4-5,14-15H,6H2,1-3H3. The molecule has 0 saturated heterocycles. The van der Waals surface area contributed by atoms with E-state index in [1.54, 1.807) is 7.05 Å². The molecule has 0 radical (unpaired) electrons. The summed E-state index contributed by atoms with van der Waals surface area (Å²) in [6, 6.07) is 2.14. The van der Waals surface area contributed by atoms with Crippen molar-refractivity contribution < 1.29 is 13.9 Å². The molecule has 0 aliphatic carbocycles. The molecule has 15 heavy (non-hydrogen) atoms. The Morgan fingerprint density at radius 1 is 1.33 bits per heavy atom. The van der Waals surface area contributed by atoms with Crippen molar-refractivity contribution in [1.29, 1.82) is 0 Å². The van der Waals surface area contributed by atoms with Crippen molar-refractivity contribution in [3.8, 4) is 0 Å². The molecule has 2 nitrogen and oxygen atoms in total. The molecule has 0 fully saturated rings. The SMILES string of the molecule is CNCC(C)(O)c1cc(F)c(C)cc1F. The summed E-state index contributed by atoms with van der Waals surface area (Å²) < 4.78 is 26.7. The second kappa shape index (κ2) is 4.24. The van der Waals surface area contributed by atoms with Gasteiger partial charge in [-0.25, -0.2) is 8.78 Å². The van der Waals surface area contributed by atoms with Gasteiger partial charge in [0.1, 0.15) is 17.2 Å². The Labute approximate surface area is 87.9 Å². The van der Waals surface area contributed by atoms with E-state index in [0.29, 0.717) is 0 Å². The molecule has 0 amide bonds. The van der Waals surface area contributed by atoms with Crippen molar-refractivity contribution in [1.82, 2.24) is 5.32 Å². The van der Waals surface area contributed by atoms with Crippen molar-refractivity contribution in [2.45, 2.75) is 19.4 Å². The molecule has 0 bridgehead atoms. The van der Waals surface area contributed by atoms with Gasteiger partial charge in [-0.3, -0.25) is 0 Å². The minimum atomic E-state index is -1.41. The lowest BCUT2D eigenvalue weighted by molar-refractivity contribution is 0.0550. The minimum Gasteiger partial charge on any atom is -0.384 e. The maximum atomic E-state index is 13.5. The van der Waals surface area contributed by atoms with Crippen molar-refractivity contribution in [2.75, 3.05) is 13.6 Å². The van der Waals surface area contributed by atoms with Crippen LogP contribution in [-0.2, 0) is 5.60 Å². The number of likely N-dealkylation sites (N-methyl/N-ethyl adjacent to an activating group) is 1. The van der Waals surface area contributed by atoms with Gasteiger partial charge in [0.25, 0.3) is 0 Å². The van der Waals surface area contributed by atoms with Gasteiger partial charge < -0.3 is 10.4 Å². The molecule has 1 rings (SSSR count). The zero-order valence-corrected chi connectivity index (χ0v) is 9.06. The zero-order valence-electron chi connectivity index (χ0n) is 9.06. The van der Waals surface area contributed by atoms with Gasteiger partial charge in [0, 0.05) is 12.1 Å². The van der Waals surface area contributed by atoms with Crippen LogP contribution in [0.1, 0.15) is 18.1 Å². The summed E-state index contributed by atoms with van der Waals surface area (Å²) in [5.74, 6) is -1.10. The van der Waals surface area contributed by atoms with Crippen LogP contribution >= 0.6 is 0 Å². The van der Waals surface area contributed by atoms with E-state index >= 15 is 0 Å². The van der Waals surface area contributed by atoms with Gasteiger partial charge >= 0.3 is 0 Å². The molecule has 0 heterocycles.